The van der Waals surface area contributed by atoms with E-state index in [1.807, 2.05) is 0 Å². The summed E-state index contributed by atoms with van der Waals surface area (Å²) in [5.41, 5.74) is 0. The number of rotatable bonds is 4. The van der Waals surface area contributed by atoms with Crippen LogP contribution in [0, 0.1) is 11.3 Å². The van der Waals surface area contributed by atoms with Gasteiger partial charge in [0.15, 0.2) is 0 Å². The van der Waals surface area contributed by atoms with E-state index in [1.165, 1.54) is 10.4 Å². The highest BCUT2D eigenvalue weighted by atomic mass is 35.5. The van der Waals surface area contributed by atoms with E-state index < -0.39 is 10.0 Å². The van der Waals surface area contributed by atoms with Crippen LogP contribution in [0.15, 0.2) is 29.2 Å². The smallest absolute Gasteiger partial charge is 0.243 e. The summed E-state index contributed by atoms with van der Waals surface area (Å²) in [5.74, 6) is 0. The molecule has 5 nitrogen and oxygen atoms in total. The lowest BCUT2D eigenvalue weighted by molar-refractivity contribution is 0.191. The number of piperazine rings is 1. The topological polar surface area (TPSA) is 64.4 Å². The van der Waals surface area contributed by atoms with Crippen molar-refractivity contribution in [3.63, 3.8) is 0 Å². The summed E-state index contributed by atoms with van der Waals surface area (Å²) in [6, 6.07) is 8.42. The maximum absolute atomic E-state index is 12.5. The molecule has 0 saturated carbocycles. The van der Waals surface area contributed by atoms with E-state index in [0.717, 1.165) is 0 Å². The first-order valence-corrected chi connectivity index (χ1v) is 8.21. The third-order valence-corrected chi connectivity index (χ3v) is 5.43. The normalized spacial score (nSPS) is 17.8. The zero-order valence-electron chi connectivity index (χ0n) is 11.0. The molecule has 0 aromatic heterocycles. The highest BCUT2D eigenvalue weighted by Gasteiger charge is 2.28. The second-order valence-corrected chi connectivity index (χ2v) is 6.99. The fourth-order valence-corrected chi connectivity index (χ4v) is 3.90. The lowest BCUT2D eigenvalue weighted by Crippen LogP contribution is -2.48. The predicted octanol–water partition coefficient (Wildman–Crippen LogP) is 1.56. The Bertz CT molecular complexity index is 604. The van der Waals surface area contributed by atoms with E-state index in [-0.39, 0.29) is 4.90 Å². The first kappa shape index (κ1) is 15.3. The number of hydrogen-bond donors (Lipinski definition) is 0. The number of nitrogens with zero attached hydrogens (tertiary/aromatic N) is 3. The number of halogens is 1. The van der Waals surface area contributed by atoms with Gasteiger partial charge in [0.1, 0.15) is 0 Å². The SMILES string of the molecule is N#CCCN1CCN(S(=O)(=O)c2cccc(Cl)c2)CC1. The average Bonchev–Trinajstić information content (AvgIpc) is 2.45. The summed E-state index contributed by atoms with van der Waals surface area (Å²) in [4.78, 5) is 2.34. The quantitative estimate of drug-likeness (QED) is 0.846. The van der Waals surface area contributed by atoms with Gasteiger partial charge < -0.3 is 0 Å². The van der Waals surface area contributed by atoms with Crippen molar-refractivity contribution in [2.45, 2.75) is 11.3 Å². The monoisotopic (exact) mass is 313 g/mol. The molecule has 0 spiro atoms. The van der Waals surface area contributed by atoms with Crippen LogP contribution in [0.1, 0.15) is 6.42 Å². The van der Waals surface area contributed by atoms with E-state index >= 15 is 0 Å². The molecule has 1 aliphatic rings. The van der Waals surface area contributed by atoms with E-state index in [2.05, 4.69) is 11.0 Å². The fourth-order valence-electron chi connectivity index (χ4n) is 2.18. The van der Waals surface area contributed by atoms with Crippen LogP contribution in [0.5, 0.6) is 0 Å². The van der Waals surface area contributed by atoms with Crippen LogP contribution in [-0.2, 0) is 10.0 Å². The molecular formula is C13H16ClN3O2S. The third-order valence-electron chi connectivity index (χ3n) is 3.30. The summed E-state index contributed by atoms with van der Waals surface area (Å²) in [7, 11) is -3.47. The zero-order valence-corrected chi connectivity index (χ0v) is 12.6. The second-order valence-electron chi connectivity index (χ2n) is 4.61. The van der Waals surface area contributed by atoms with E-state index in [1.54, 1.807) is 18.2 Å². The number of benzene rings is 1. The van der Waals surface area contributed by atoms with Crippen molar-refractivity contribution in [1.82, 2.24) is 9.21 Å². The van der Waals surface area contributed by atoms with Crippen molar-refractivity contribution < 1.29 is 8.42 Å². The van der Waals surface area contributed by atoms with Gasteiger partial charge in [0.25, 0.3) is 0 Å². The molecular weight excluding hydrogens is 298 g/mol. The van der Waals surface area contributed by atoms with Gasteiger partial charge in [0.05, 0.1) is 11.0 Å². The van der Waals surface area contributed by atoms with Crippen molar-refractivity contribution in [3.8, 4) is 6.07 Å². The minimum atomic E-state index is -3.47. The van der Waals surface area contributed by atoms with Gasteiger partial charge in [-0.2, -0.15) is 9.57 Å². The van der Waals surface area contributed by atoms with Crippen molar-refractivity contribution in [3.05, 3.63) is 29.3 Å². The molecule has 0 atom stereocenters. The van der Waals surface area contributed by atoms with Crippen LogP contribution >= 0.6 is 11.6 Å². The molecule has 0 amide bonds. The van der Waals surface area contributed by atoms with Crippen LogP contribution in [0.4, 0.5) is 0 Å². The zero-order chi connectivity index (χ0) is 14.6. The minimum absolute atomic E-state index is 0.232. The standard InChI is InChI=1S/C13H16ClN3O2S/c14-12-3-1-4-13(11-12)20(18,19)17-9-7-16(8-10-17)6-2-5-15/h1,3-4,11H,2,6-10H2. The Balaban J connectivity index is 2.04. The predicted molar refractivity (Wildman–Crippen MR) is 76.9 cm³/mol. The summed E-state index contributed by atoms with van der Waals surface area (Å²) < 4.78 is 26.4. The van der Waals surface area contributed by atoms with Gasteiger partial charge in [-0.25, -0.2) is 8.42 Å². The van der Waals surface area contributed by atoms with Gasteiger partial charge >= 0.3 is 0 Å². The van der Waals surface area contributed by atoms with Gasteiger partial charge in [-0.1, -0.05) is 17.7 Å². The number of nitriles is 1. The molecule has 20 heavy (non-hydrogen) atoms. The molecule has 1 heterocycles. The van der Waals surface area contributed by atoms with Crippen LogP contribution in [0.3, 0.4) is 0 Å². The van der Waals surface area contributed by atoms with E-state index in [4.69, 9.17) is 16.9 Å². The molecule has 0 aliphatic carbocycles. The molecule has 0 unspecified atom stereocenters. The largest absolute Gasteiger partial charge is 0.300 e. The van der Waals surface area contributed by atoms with Crippen molar-refractivity contribution in [2.24, 2.45) is 0 Å². The fraction of sp³-hybridized carbons (Fsp3) is 0.462. The maximum atomic E-state index is 12.5. The van der Waals surface area contributed by atoms with Gasteiger partial charge in [0.2, 0.25) is 10.0 Å². The first-order valence-electron chi connectivity index (χ1n) is 6.39. The van der Waals surface area contributed by atoms with Crippen molar-refractivity contribution >= 4 is 21.6 Å². The lowest BCUT2D eigenvalue weighted by atomic mass is 10.3. The molecule has 1 aromatic rings. The van der Waals surface area contributed by atoms with Crippen LogP contribution in [0.25, 0.3) is 0 Å². The average molecular weight is 314 g/mol. The number of sulfonamides is 1. The summed E-state index contributed by atoms with van der Waals surface area (Å²) >= 11 is 5.85. The van der Waals surface area contributed by atoms with Crippen LogP contribution < -0.4 is 0 Å². The summed E-state index contributed by atoms with van der Waals surface area (Å²) in [5, 5.41) is 8.97. The molecule has 1 saturated heterocycles. The highest BCUT2D eigenvalue weighted by Crippen LogP contribution is 2.20. The maximum Gasteiger partial charge on any atom is 0.243 e. The Kier molecular flexibility index (Phi) is 5.00. The third kappa shape index (κ3) is 3.49. The Labute approximate surface area is 124 Å². The number of hydrogen-bond acceptors (Lipinski definition) is 4. The second kappa shape index (κ2) is 6.55. The Morgan fingerprint density at radius 3 is 2.55 bits per heavy atom. The van der Waals surface area contributed by atoms with Gasteiger partial charge in [-0.05, 0) is 18.2 Å². The molecule has 7 heteroatoms. The Hall–Kier alpha value is -1.13. The van der Waals surface area contributed by atoms with Crippen molar-refractivity contribution in [1.29, 1.82) is 5.26 Å². The molecule has 0 bridgehead atoms. The van der Waals surface area contributed by atoms with E-state index in [0.29, 0.717) is 44.2 Å². The molecule has 1 aliphatic heterocycles. The highest BCUT2D eigenvalue weighted by molar-refractivity contribution is 7.89. The molecule has 0 radical (unpaired) electrons. The van der Waals surface area contributed by atoms with Gasteiger partial charge in [0, 0.05) is 44.2 Å². The van der Waals surface area contributed by atoms with Crippen molar-refractivity contribution in [2.75, 3.05) is 32.7 Å². The van der Waals surface area contributed by atoms with E-state index in [9.17, 15) is 8.42 Å². The van der Waals surface area contributed by atoms with Gasteiger partial charge in [-0.15, -0.1) is 0 Å². The molecule has 1 fully saturated rings. The van der Waals surface area contributed by atoms with Gasteiger partial charge in [-0.3, -0.25) is 4.90 Å². The first-order chi connectivity index (χ1) is 9.54. The lowest BCUT2D eigenvalue weighted by Gasteiger charge is -2.33. The minimum Gasteiger partial charge on any atom is -0.300 e. The van der Waals surface area contributed by atoms with Crippen LogP contribution in [0.2, 0.25) is 5.02 Å². The van der Waals surface area contributed by atoms with Crippen LogP contribution in [-0.4, -0.2) is 50.3 Å². The summed E-state index contributed by atoms with van der Waals surface area (Å²) in [6.45, 7) is 2.89. The molecule has 0 N–H and O–H groups in total. The Morgan fingerprint density at radius 2 is 1.95 bits per heavy atom. The molecule has 2 rings (SSSR count). The molecule has 108 valence electrons. The molecule has 1 aromatic carbocycles. The Morgan fingerprint density at radius 1 is 1.25 bits per heavy atom. The summed E-state index contributed by atoms with van der Waals surface area (Å²) in [6.07, 6.45) is 0.473.